The molecule has 0 N–H and O–H groups in total. The van der Waals surface area contributed by atoms with E-state index >= 15 is 0 Å². The maximum absolute atomic E-state index is 13.5. The molecule has 0 spiro atoms. The van der Waals surface area contributed by atoms with E-state index in [4.69, 9.17) is 24.2 Å². The number of unbranched alkanes of at least 4 members (excludes halogenated alkanes) is 2. The molecule has 0 saturated carbocycles. The number of esters is 1. The highest BCUT2D eigenvalue weighted by Gasteiger charge is 2.34. The Balaban J connectivity index is 2.04. The topological polar surface area (TPSA) is 98.1 Å². The molecule has 0 unspecified atom stereocenters. The highest BCUT2D eigenvalue weighted by molar-refractivity contribution is 5.97. The minimum atomic E-state index is -1.29. The molecule has 2 aromatic rings. The van der Waals surface area contributed by atoms with Crippen LogP contribution in [-0.4, -0.2) is 54.3 Å². The number of hydrogen-bond acceptors (Lipinski definition) is 7. The van der Waals surface area contributed by atoms with Crippen LogP contribution in [0.15, 0.2) is 42.5 Å². The molecule has 8 heteroatoms. The van der Waals surface area contributed by atoms with Crippen LogP contribution >= 0.6 is 0 Å². The van der Waals surface area contributed by atoms with E-state index < -0.39 is 11.6 Å². The fourth-order valence-corrected chi connectivity index (χ4v) is 4.07. The maximum atomic E-state index is 13.5. The van der Waals surface area contributed by atoms with Gasteiger partial charge in [-0.1, -0.05) is 0 Å². The van der Waals surface area contributed by atoms with Crippen LogP contribution in [0.2, 0.25) is 0 Å². The van der Waals surface area contributed by atoms with Gasteiger partial charge in [-0.2, -0.15) is 5.26 Å². The third-order valence-electron chi connectivity index (χ3n) is 5.97. The van der Waals surface area contributed by atoms with Crippen molar-refractivity contribution in [2.24, 2.45) is 0 Å². The summed E-state index contributed by atoms with van der Waals surface area (Å²) in [7, 11) is 0. The molecule has 0 aliphatic carbocycles. The number of ether oxygens (including phenoxy) is 4. The van der Waals surface area contributed by atoms with Crippen molar-refractivity contribution in [2.45, 2.75) is 85.4 Å². The molecule has 0 radical (unpaired) electrons. The molecule has 39 heavy (non-hydrogen) atoms. The summed E-state index contributed by atoms with van der Waals surface area (Å²) in [6, 6.07) is 14.2. The van der Waals surface area contributed by atoms with E-state index in [9.17, 15) is 9.59 Å². The molecular formula is C31H42N2O6. The zero-order valence-electron chi connectivity index (χ0n) is 24.3. The summed E-state index contributed by atoms with van der Waals surface area (Å²) in [5.74, 6) is 0.881. The van der Waals surface area contributed by atoms with Gasteiger partial charge in [0.2, 0.25) is 0 Å². The zero-order chi connectivity index (χ0) is 29.0. The Labute approximate surface area is 232 Å². The smallest absolute Gasteiger partial charge is 0.349 e. The number of rotatable bonds is 15. The van der Waals surface area contributed by atoms with Gasteiger partial charge in [0.1, 0.15) is 17.2 Å². The fraction of sp³-hybridized carbons (Fsp3) is 0.516. The van der Waals surface area contributed by atoms with Gasteiger partial charge in [-0.05, 0) is 104 Å². The minimum absolute atomic E-state index is 0.0137. The number of amides is 1. The lowest BCUT2D eigenvalue weighted by molar-refractivity contribution is -0.158. The lowest BCUT2D eigenvalue weighted by Crippen LogP contribution is -2.43. The minimum Gasteiger partial charge on any atom is -0.494 e. The molecule has 212 valence electrons. The van der Waals surface area contributed by atoms with E-state index in [0.29, 0.717) is 30.1 Å². The van der Waals surface area contributed by atoms with Crippen LogP contribution in [0.4, 0.5) is 0 Å². The summed E-state index contributed by atoms with van der Waals surface area (Å²) < 4.78 is 22.9. The van der Waals surface area contributed by atoms with Crippen LogP contribution in [0, 0.1) is 11.3 Å². The standard InChI is InChI=1S/C31H42N2O6/c1-8-36-30(35)31(6,7)39-28-20-26(16-17-27(28)29(34)33(22(2)3)23(4)5)38-19-11-9-10-18-37-25-14-12-24(21-32)13-15-25/h12-17,20,22-23H,8-11,18-19H2,1-7H3. The van der Waals surface area contributed by atoms with Gasteiger partial charge in [-0.3, -0.25) is 4.79 Å². The first-order chi connectivity index (χ1) is 18.5. The Bertz CT molecular complexity index is 1110. The highest BCUT2D eigenvalue weighted by Crippen LogP contribution is 2.31. The van der Waals surface area contributed by atoms with Gasteiger partial charge in [0.25, 0.3) is 5.91 Å². The van der Waals surface area contributed by atoms with Gasteiger partial charge in [0.05, 0.1) is 37.0 Å². The van der Waals surface area contributed by atoms with Crippen molar-refractivity contribution >= 4 is 11.9 Å². The van der Waals surface area contributed by atoms with Crippen molar-refractivity contribution in [3.05, 3.63) is 53.6 Å². The first kappa shape index (κ1) is 31.5. The molecule has 1 amide bonds. The van der Waals surface area contributed by atoms with Crippen molar-refractivity contribution < 1.29 is 28.5 Å². The second-order valence-corrected chi connectivity index (χ2v) is 10.3. The summed E-state index contributed by atoms with van der Waals surface area (Å²) in [5, 5.41) is 8.87. The van der Waals surface area contributed by atoms with Crippen LogP contribution in [0.25, 0.3) is 0 Å². The SMILES string of the molecule is CCOC(=O)C(C)(C)Oc1cc(OCCCCCOc2ccc(C#N)cc2)ccc1C(=O)N(C(C)C)C(C)C. The number of nitrogens with zero attached hydrogens (tertiary/aromatic N) is 2. The maximum Gasteiger partial charge on any atom is 0.349 e. The molecule has 0 atom stereocenters. The number of nitriles is 1. The zero-order valence-corrected chi connectivity index (χ0v) is 24.3. The summed E-state index contributed by atoms with van der Waals surface area (Å²) in [5.41, 5.74) is -0.326. The molecule has 8 nitrogen and oxygen atoms in total. The molecule has 0 fully saturated rings. The van der Waals surface area contributed by atoms with Crippen molar-refractivity contribution in [2.75, 3.05) is 19.8 Å². The van der Waals surface area contributed by atoms with Crippen molar-refractivity contribution in [1.82, 2.24) is 4.90 Å². The van der Waals surface area contributed by atoms with Crippen LogP contribution in [0.5, 0.6) is 17.2 Å². The predicted molar refractivity (Wildman–Crippen MR) is 150 cm³/mol. The number of hydrogen-bond donors (Lipinski definition) is 0. The van der Waals surface area contributed by atoms with E-state index in [0.717, 1.165) is 25.0 Å². The average Bonchev–Trinajstić information content (AvgIpc) is 2.88. The number of carbonyl (C=O) groups excluding carboxylic acids is 2. The Morgan fingerprint density at radius 2 is 1.46 bits per heavy atom. The molecule has 0 bridgehead atoms. The lowest BCUT2D eigenvalue weighted by atomic mass is 10.1. The van der Waals surface area contributed by atoms with Gasteiger partial charge in [-0.15, -0.1) is 0 Å². The number of carbonyl (C=O) groups is 2. The van der Waals surface area contributed by atoms with Crippen molar-refractivity contribution in [3.8, 4) is 23.3 Å². The molecule has 0 heterocycles. The first-order valence-corrected chi connectivity index (χ1v) is 13.6. The largest absolute Gasteiger partial charge is 0.494 e. The summed E-state index contributed by atoms with van der Waals surface area (Å²) in [4.78, 5) is 27.8. The van der Waals surface area contributed by atoms with Gasteiger partial charge >= 0.3 is 5.97 Å². The van der Waals surface area contributed by atoms with Crippen molar-refractivity contribution in [1.29, 1.82) is 5.26 Å². The monoisotopic (exact) mass is 538 g/mol. The normalized spacial score (nSPS) is 11.2. The first-order valence-electron chi connectivity index (χ1n) is 13.6. The third-order valence-corrected chi connectivity index (χ3v) is 5.97. The van der Waals surface area contributed by atoms with Crippen molar-refractivity contribution in [3.63, 3.8) is 0 Å². The van der Waals surface area contributed by atoms with E-state index in [1.165, 1.54) is 0 Å². The van der Waals surface area contributed by atoms with Gasteiger partial charge < -0.3 is 23.8 Å². The van der Waals surface area contributed by atoms with E-state index in [1.807, 2.05) is 27.7 Å². The van der Waals surface area contributed by atoms with E-state index in [2.05, 4.69) is 6.07 Å². The second-order valence-electron chi connectivity index (χ2n) is 10.3. The highest BCUT2D eigenvalue weighted by atomic mass is 16.6. The Morgan fingerprint density at radius 3 is 2.00 bits per heavy atom. The molecule has 0 aliphatic heterocycles. The van der Waals surface area contributed by atoms with E-state index in [-0.39, 0.29) is 30.3 Å². The third kappa shape index (κ3) is 9.51. The molecule has 0 saturated heterocycles. The summed E-state index contributed by atoms with van der Waals surface area (Å²) in [6.45, 7) is 14.1. The average molecular weight is 539 g/mol. The van der Waals surface area contributed by atoms with Crippen LogP contribution in [0.3, 0.4) is 0 Å². The molecule has 0 aliphatic rings. The van der Waals surface area contributed by atoms with Crippen LogP contribution < -0.4 is 14.2 Å². The molecule has 0 aromatic heterocycles. The lowest BCUT2D eigenvalue weighted by Gasteiger charge is -2.32. The molecule has 2 rings (SSSR count). The summed E-state index contributed by atoms with van der Waals surface area (Å²) in [6.07, 6.45) is 2.58. The van der Waals surface area contributed by atoms with E-state index in [1.54, 1.807) is 68.1 Å². The van der Waals surface area contributed by atoms with Gasteiger partial charge in [0.15, 0.2) is 5.60 Å². The Kier molecular flexibility index (Phi) is 12.1. The van der Waals surface area contributed by atoms with Crippen LogP contribution in [0.1, 0.15) is 83.7 Å². The molecular weight excluding hydrogens is 496 g/mol. The molecule has 2 aromatic carbocycles. The second kappa shape index (κ2) is 15.0. The summed E-state index contributed by atoms with van der Waals surface area (Å²) >= 11 is 0. The van der Waals surface area contributed by atoms with Gasteiger partial charge in [0, 0.05) is 18.2 Å². The Morgan fingerprint density at radius 1 is 0.897 bits per heavy atom. The van der Waals surface area contributed by atoms with Crippen LogP contribution in [-0.2, 0) is 9.53 Å². The Hall–Kier alpha value is -3.73. The quantitative estimate of drug-likeness (QED) is 0.198. The fourth-order valence-electron chi connectivity index (χ4n) is 4.07. The van der Waals surface area contributed by atoms with Gasteiger partial charge in [-0.25, -0.2) is 4.79 Å². The predicted octanol–water partition coefficient (Wildman–Crippen LogP) is 6.17. The number of benzene rings is 2.